The molecule has 0 aliphatic heterocycles. The minimum atomic E-state index is -3.47. The lowest BCUT2D eigenvalue weighted by atomic mass is 10.1. The summed E-state index contributed by atoms with van der Waals surface area (Å²) in [5.41, 5.74) is 1.48. The number of ether oxygens (including phenoxy) is 1. The Morgan fingerprint density at radius 1 is 1.14 bits per heavy atom. The van der Waals surface area contributed by atoms with E-state index >= 15 is 0 Å². The summed E-state index contributed by atoms with van der Waals surface area (Å²) in [4.78, 5) is 0. The van der Waals surface area contributed by atoms with E-state index in [9.17, 15) is 8.42 Å². The van der Waals surface area contributed by atoms with Crippen molar-refractivity contribution in [2.24, 2.45) is 0 Å². The summed E-state index contributed by atoms with van der Waals surface area (Å²) in [6, 6.07) is 13.7. The second-order valence-electron chi connectivity index (χ2n) is 4.97. The fourth-order valence-corrected chi connectivity index (χ4v) is 3.70. The second kappa shape index (κ2) is 7.13. The van der Waals surface area contributed by atoms with Crippen molar-refractivity contribution in [1.82, 2.24) is 4.72 Å². The molecule has 0 saturated heterocycles. The summed E-state index contributed by atoms with van der Waals surface area (Å²) in [7, 11) is -1.91. The summed E-state index contributed by atoms with van der Waals surface area (Å²) >= 11 is 5.80. The fraction of sp³-hybridized carbons (Fsp3) is 0.250. The molecule has 22 heavy (non-hydrogen) atoms. The number of hydrogen-bond acceptors (Lipinski definition) is 3. The first-order valence-corrected chi connectivity index (χ1v) is 8.81. The molecule has 2 aromatic carbocycles. The molecule has 0 aliphatic rings. The number of halogens is 1. The number of sulfonamides is 1. The molecule has 0 spiro atoms. The van der Waals surface area contributed by atoms with Crippen molar-refractivity contribution >= 4 is 21.6 Å². The van der Waals surface area contributed by atoms with Gasteiger partial charge in [-0.2, -0.15) is 0 Å². The molecule has 1 N–H and O–H groups in total. The summed E-state index contributed by atoms with van der Waals surface area (Å²) < 4.78 is 32.5. The highest BCUT2D eigenvalue weighted by Gasteiger charge is 2.18. The highest BCUT2D eigenvalue weighted by Crippen LogP contribution is 2.25. The first-order valence-electron chi connectivity index (χ1n) is 6.78. The van der Waals surface area contributed by atoms with Crippen LogP contribution in [0.5, 0.6) is 5.75 Å². The minimum Gasteiger partial charge on any atom is -0.496 e. The zero-order valence-corrected chi connectivity index (χ0v) is 14.0. The molecule has 0 radical (unpaired) electrons. The molecule has 118 valence electrons. The molecule has 0 aromatic heterocycles. The van der Waals surface area contributed by atoms with Crippen LogP contribution in [-0.4, -0.2) is 15.5 Å². The topological polar surface area (TPSA) is 55.4 Å². The predicted octanol–water partition coefficient (Wildman–Crippen LogP) is 3.53. The van der Waals surface area contributed by atoms with E-state index in [4.69, 9.17) is 16.3 Å². The van der Waals surface area contributed by atoms with E-state index in [2.05, 4.69) is 4.72 Å². The van der Waals surface area contributed by atoms with Gasteiger partial charge in [0.2, 0.25) is 10.0 Å². The van der Waals surface area contributed by atoms with Gasteiger partial charge in [-0.25, -0.2) is 13.1 Å². The van der Waals surface area contributed by atoms with Crippen LogP contribution in [-0.2, 0) is 15.8 Å². The van der Waals surface area contributed by atoms with Crippen molar-refractivity contribution in [3.05, 3.63) is 64.7 Å². The Balaban J connectivity index is 2.12. The molecule has 2 aromatic rings. The molecule has 0 heterocycles. The van der Waals surface area contributed by atoms with E-state index in [1.165, 1.54) is 0 Å². The lowest BCUT2D eigenvalue weighted by Gasteiger charge is -2.17. The monoisotopic (exact) mass is 339 g/mol. The molecular formula is C16H18ClNO3S. The van der Waals surface area contributed by atoms with Crippen LogP contribution < -0.4 is 9.46 Å². The number of nitrogens with one attached hydrogen (secondary N) is 1. The molecular weight excluding hydrogens is 322 g/mol. The number of rotatable bonds is 6. The average Bonchev–Trinajstić information content (AvgIpc) is 2.48. The van der Waals surface area contributed by atoms with Crippen LogP contribution in [0.3, 0.4) is 0 Å². The Morgan fingerprint density at radius 2 is 1.77 bits per heavy atom. The number of hydrogen-bond donors (Lipinski definition) is 1. The third-order valence-electron chi connectivity index (χ3n) is 3.23. The molecule has 0 aliphatic carbocycles. The first-order chi connectivity index (χ1) is 10.4. The van der Waals surface area contributed by atoms with Gasteiger partial charge in [0.1, 0.15) is 5.75 Å². The maximum Gasteiger partial charge on any atom is 0.216 e. The number of methoxy groups -OCH3 is 1. The summed E-state index contributed by atoms with van der Waals surface area (Å²) in [5.74, 6) is 0.563. The molecule has 1 unspecified atom stereocenters. The molecule has 2 rings (SSSR count). The Hall–Kier alpha value is -1.56. The van der Waals surface area contributed by atoms with Crippen molar-refractivity contribution in [3.8, 4) is 5.75 Å². The Bertz CT molecular complexity index is 729. The van der Waals surface area contributed by atoms with Crippen molar-refractivity contribution in [2.45, 2.75) is 18.7 Å². The maximum atomic E-state index is 12.3. The smallest absolute Gasteiger partial charge is 0.216 e. The number of para-hydroxylation sites is 1. The Morgan fingerprint density at radius 3 is 2.41 bits per heavy atom. The van der Waals surface area contributed by atoms with Gasteiger partial charge in [-0.1, -0.05) is 41.9 Å². The van der Waals surface area contributed by atoms with Crippen LogP contribution in [0.15, 0.2) is 48.5 Å². The summed E-state index contributed by atoms with van der Waals surface area (Å²) in [6.45, 7) is 1.79. The third kappa shape index (κ3) is 4.47. The van der Waals surface area contributed by atoms with Gasteiger partial charge in [0.05, 0.1) is 12.9 Å². The summed E-state index contributed by atoms with van der Waals surface area (Å²) in [6.07, 6.45) is 0. The van der Waals surface area contributed by atoms with E-state index in [1.54, 1.807) is 44.4 Å². The molecule has 1 atom stereocenters. The number of benzene rings is 2. The van der Waals surface area contributed by atoms with Gasteiger partial charge in [0, 0.05) is 16.6 Å². The van der Waals surface area contributed by atoms with Gasteiger partial charge in [0.25, 0.3) is 0 Å². The zero-order valence-electron chi connectivity index (χ0n) is 12.4. The Labute approximate surface area is 136 Å². The van der Waals surface area contributed by atoms with Gasteiger partial charge in [-0.3, -0.25) is 0 Å². The van der Waals surface area contributed by atoms with Gasteiger partial charge >= 0.3 is 0 Å². The second-order valence-corrected chi connectivity index (χ2v) is 7.16. The largest absolute Gasteiger partial charge is 0.496 e. The van der Waals surface area contributed by atoms with Crippen molar-refractivity contribution in [2.75, 3.05) is 7.11 Å². The average molecular weight is 340 g/mol. The Kier molecular flexibility index (Phi) is 5.45. The quantitative estimate of drug-likeness (QED) is 0.876. The van der Waals surface area contributed by atoms with Gasteiger partial charge in [-0.05, 0) is 30.7 Å². The third-order valence-corrected chi connectivity index (χ3v) is 4.91. The highest BCUT2D eigenvalue weighted by molar-refractivity contribution is 7.88. The van der Waals surface area contributed by atoms with Crippen molar-refractivity contribution < 1.29 is 13.2 Å². The SMILES string of the molecule is COc1ccccc1C(C)NS(=O)(=O)Cc1ccc(Cl)cc1. The van der Waals surface area contributed by atoms with Gasteiger partial charge in [0.15, 0.2) is 0 Å². The lowest BCUT2D eigenvalue weighted by molar-refractivity contribution is 0.405. The highest BCUT2D eigenvalue weighted by atomic mass is 35.5. The van der Waals surface area contributed by atoms with Crippen LogP contribution in [0.1, 0.15) is 24.1 Å². The van der Waals surface area contributed by atoms with Crippen LogP contribution in [0, 0.1) is 0 Å². The van der Waals surface area contributed by atoms with Crippen molar-refractivity contribution in [1.29, 1.82) is 0 Å². The van der Waals surface area contributed by atoms with E-state index in [0.717, 1.165) is 5.56 Å². The molecule has 6 heteroatoms. The standard InChI is InChI=1S/C16H18ClNO3S/c1-12(15-5-3-4-6-16(15)21-2)18-22(19,20)11-13-7-9-14(17)10-8-13/h3-10,12,18H,11H2,1-2H3. The van der Waals surface area contributed by atoms with E-state index in [0.29, 0.717) is 16.3 Å². The fourth-order valence-electron chi connectivity index (χ4n) is 2.20. The van der Waals surface area contributed by atoms with E-state index in [-0.39, 0.29) is 11.8 Å². The van der Waals surface area contributed by atoms with Crippen LogP contribution >= 0.6 is 11.6 Å². The maximum absolute atomic E-state index is 12.3. The first kappa shape index (κ1) is 16.8. The normalized spacial score (nSPS) is 12.9. The van der Waals surface area contributed by atoms with Crippen LogP contribution in [0.2, 0.25) is 5.02 Å². The molecule has 0 saturated carbocycles. The van der Waals surface area contributed by atoms with Gasteiger partial charge < -0.3 is 4.74 Å². The predicted molar refractivity (Wildman–Crippen MR) is 88.6 cm³/mol. The molecule has 4 nitrogen and oxygen atoms in total. The van der Waals surface area contributed by atoms with Crippen LogP contribution in [0.4, 0.5) is 0 Å². The van der Waals surface area contributed by atoms with E-state index < -0.39 is 10.0 Å². The summed E-state index contributed by atoms with van der Waals surface area (Å²) in [5, 5.41) is 0.580. The van der Waals surface area contributed by atoms with Gasteiger partial charge in [-0.15, -0.1) is 0 Å². The molecule has 0 fully saturated rings. The lowest BCUT2D eigenvalue weighted by Crippen LogP contribution is -2.28. The molecule has 0 amide bonds. The minimum absolute atomic E-state index is 0.0936. The van der Waals surface area contributed by atoms with Crippen molar-refractivity contribution in [3.63, 3.8) is 0 Å². The molecule has 0 bridgehead atoms. The van der Waals surface area contributed by atoms with E-state index in [1.807, 2.05) is 18.2 Å². The van der Waals surface area contributed by atoms with Crippen LogP contribution in [0.25, 0.3) is 0 Å². The zero-order chi connectivity index (χ0) is 16.2.